The fraction of sp³-hybridized carbons (Fsp3) is 0.133. The van der Waals surface area contributed by atoms with Crippen LogP contribution in [-0.4, -0.2) is 31.4 Å². The average Bonchev–Trinajstić information content (AvgIpc) is 3.29. The maximum absolute atomic E-state index is 14.0. The van der Waals surface area contributed by atoms with Crippen molar-refractivity contribution in [2.24, 2.45) is 0 Å². The van der Waals surface area contributed by atoms with E-state index in [1.54, 1.807) is 22.4 Å². The number of anilines is 1. The second kappa shape index (κ2) is 9.56. The number of methoxy groups -OCH3 is 1. The Bertz CT molecular complexity index is 1960. The molecule has 39 heavy (non-hydrogen) atoms. The van der Waals surface area contributed by atoms with Gasteiger partial charge in [-0.25, -0.2) is 14.6 Å². The predicted molar refractivity (Wildman–Crippen MR) is 155 cm³/mol. The summed E-state index contributed by atoms with van der Waals surface area (Å²) in [6.07, 6.45) is 1.42. The number of nitrogens with two attached hydrogens (primary N) is 1. The van der Waals surface area contributed by atoms with Gasteiger partial charge < -0.3 is 10.5 Å². The van der Waals surface area contributed by atoms with Gasteiger partial charge in [0.15, 0.2) is 5.65 Å². The molecule has 2 N–H and O–H groups in total. The van der Waals surface area contributed by atoms with Crippen molar-refractivity contribution in [2.75, 3.05) is 12.8 Å². The number of nitrogen functional groups attached to an aromatic ring is 1. The van der Waals surface area contributed by atoms with E-state index >= 15 is 0 Å². The zero-order valence-corrected chi connectivity index (χ0v) is 22.4. The molecule has 0 aliphatic rings. The van der Waals surface area contributed by atoms with E-state index in [1.165, 1.54) is 6.33 Å². The number of hydrogen-bond donors (Lipinski definition) is 1. The monoisotopic (exact) mass is 536 g/mol. The van der Waals surface area contributed by atoms with Crippen molar-refractivity contribution < 1.29 is 4.74 Å². The molecule has 3 heterocycles. The summed E-state index contributed by atoms with van der Waals surface area (Å²) in [5.41, 5.74) is 11.7. The van der Waals surface area contributed by atoms with Crippen molar-refractivity contribution in [3.63, 3.8) is 0 Å². The van der Waals surface area contributed by atoms with Gasteiger partial charge in [0, 0.05) is 11.3 Å². The van der Waals surface area contributed by atoms with E-state index in [0.29, 0.717) is 38.7 Å². The van der Waals surface area contributed by atoms with E-state index in [9.17, 15) is 4.79 Å². The summed E-state index contributed by atoms with van der Waals surface area (Å²) in [4.78, 5) is 22.8. The van der Waals surface area contributed by atoms with Crippen LogP contribution in [-0.2, 0) is 6.54 Å². The maximum Gasteiger partial charge on any atom is 0.263 e. The third-order valence-electron chi connectivity index (χ3n) is 6.98. The number of ether oxygens (including phenoxy) is 1. The molecule has 0 amide bonds. The standard InChI is InChI=1S/C30H25ClN6O2/c1-17-7-4-5-10-23(17)37-21(13-19-9-6-8-18(2)25(19)30(37)38)15-36-29-26(28(32)33-16-34-29)27(35-36)20-11-12-22(31)24(14-20)39-3/h4-14,16H,15H2,1-3H3,(H2,32,33,34). The largest absolute Gasteiger partial charge is 0.495 e. The van der Waals surface area contributed by atoms with Crippen molar-refractivity contribution in [2.45, 2.75) is 20.4 Å². The molecule has 0 aliphatic carbocycles. The molecule has 0 saturated carbocycles. The van der Waals surface area contributed by atoms with Gasteiger partial charge in [-0.15, -0.1) is 0 Å². The second-order valence-electron chi connectivity index (χ2n) is 9.41. The molecule has 0 unspecified atom stereocenters. The number of fused-ring (bicyclic) bond motifs is 2. The van der Waals surface area contributed by atoms with Gasteiger partial charge in [0.25, 0.3) is 5.56 Å². The number of aryl methyl sites for hydroxylation is 2. The van der Waals surface area contributed by atoms with E-state index in [2.05, 4.69) is 9.97 Å². The summed E-state index contributed by atoms with van der Waals surface area (Å²) in [6.45, 7) is 4.22. The Morgan fingerprint density at radius 1 is 0.949 bits per heavy atom. The van der Waals surface area contributed by atoms with Gasteiger partial charge in [-0.1, -0.05) is 54.1 Å². The predicted octanol–water partition coefficient (Wildman–Crippen LogP) is 5.71. The highest BCUT2D eigenvalue weighted by Crippen LogP contribution is 2.35. The van der Waals surface area contributed by atoms with Crippen molar-refractivity contribution >= 4 is 39.2 Å². The normalized spacial score (nSPS) is 11.4. The molecule has 0 radical (unpaired) electrons. The summed E-state index contributed by atoms with van der Waals surface area (Å²) in [6, 6.07) is 21.2. The molecule has 9 heteroatoms. The lowest BCUT2D eigenvalue weighted by molar-refractivity contribution is 0.415. The number of pyridine rings is 1. The molecule has 0 spiro atoms. The highest BCUT2D eigenvalue weighted by molar-refractivity contribution is 6.32. The third kappa shape index (κ3) is 4.09. The molecular weight excluding hydrogens is 512 g/mol. The zero-order chi connectivity index (χ0) is 27.3. The van der Waals surface area contributed by atoms with Crippen molar-refractivity contribution in [3.05, 3.63) is 105 Å². The quantitative estimate of drug-likeness (QED) is 0.303. The second-order valence-corrected chi connectivity index (χ2v) is 9.82. The zero-order valence-electron chi connectivity index (χ0n) is 21.6. The molecular formula is C30H25ClN6O2. The lowest BCUT2D eigenvalue weighted by atomic mass is 10.1. The fourth-order valence-corrected chi connectivity index (χ4v) is 5.28. The average molecular weight is 537 g/mol. The number of benzene rings is 3. The summed E-state index contributed by atoms with van der Waals surface area (Å²) in [7, 11) is 1.56. The minimum Gasteiger partial charge on any atom is -0.495 e. The van der Waals surface area contributed by atoms with Crippen LogP contribution >= 0.6 is 11.6 Å². The summed E-state index contributed by atoms with van der Waals surface area (Å²) in [5.74, 6) is 0.825. The summed E-state index contributed by atoms with van der Waals surface area (Å²) >= 11 is 6.28. The Labute approximate surface area is 229 Å². The van der Waals surface area contributed by atoms with Crippen LogP contribution in [0.2, 0.25) is 5.02 Å². The summed E-state index contributed by atoms with van der Waals surface area (Å²) < 4.78 is 8.95. The van der Waals surface area contributed by atoms with Gasteiger partial charge in [0.2, 0.25) is 0 Å². The Balaban J connectivity index is 1.61. The van der Waals surface area contributed by atoms with Crippen LogP contribution in [0.3, 0.4) is 0 Å². The highest BCUT2D eigenvalue weighted by atomic mass is 35.5. The molecule has 194 valence electrons. The first-order valence-corrected chi connectivity index (χ1v) is 12.8. The van der Waals surface area contributed by atoms with Crippen LogP contribution in [0.25, 0.3) is 38.8 Å². The molecule has 0 saturated heterocycles. The smallest absolute Gasteiger partial charge is 0.263 e. The van der Waals surface area contributed by atoms with Crippen LogP contribution in [0.15, 0.2) is 77.9 Å². The molecule has 0 aliphatic heterocycles. The Morgan fingerprint density at radius 3 is 2.54 bits per heavy atom. The lowest BCUT2D eigenvalue weighted by Gasteiger charge is -2.17. The van der Waals surface area contributed by atoms with Gasteiger partial charge in [-0.3, -0.25) is 9.36 Å². The molecule has 8 nitrogen and oxygen atoms in total. The molecule has 6 rings (SSSR count). The van der Waals surface area contributed by atoms with Gasteiger partial charge >= 0.3 is 0 Å². The number of halogens is 1. The van der Waals surface area contributed by atoms with Crippen LogP contribution in [0, 0.1) is 13.8 Å². The van der Waals surface area contributed by atoms with Crippen LogP contribution in [0.1, 0.15) is 16.8 Å². The topological polar surface area (TPSA) is 101 Å². The van der Waals surface area contributed by atoms with Crippen LogP contribution in [0.5, 0.6) is 5.75 Å². The highest BCUT2D eigenvalue weighted by Gasteiger charge is 2.21. The van der Waals surface area contributed by atoms with Crippen LogP contribution < -0.4 is 16.0 Å². The molecule has 0 atom stereocenters. The lowest BCUT2D eigenvalue weighted by Crippen LogP contribution is -2.25. The fourth-order valence-electron chi connectivity index (χ4n) is 5.09. The van der Waals surface area contributed by atoms with Gasteiger partial charge in [-0.05, 0) is 54.6 Å². The van der Waals surface area contributed by atoms with Gasteiger partial charge in [0.05, 0.1) is 35.1 Å². The minimum absolute atomic E-state index is 0.0804. The van der Waals surface area contributed by atoms with E-state index in [4.69, 9.17) is 27.2 Å². The van der Waals surface area contributed by atoms with Gasteiger partial charge in [0.1, 0.15) is 23.6 Å². The number of nitrogens with zero attached hydrogens (tertiary/aromatic N) is 5. The van der Waals surface area contributed by atoms with Crippen molar-refractivity contribution in [1.29, 1.82) is 0 Å². The first kappa shape index (κ1) is 24.6. The molecule has 0 bridgehead atoms. The Hall–Kier alpha value is -4.69. The maximum atomic E-state index is 14.0. The van der Waals surface area contributed by atoms with Crippen molar-refractivity contribution in [3.8, 4) is 22.7 Å². The number of hydrogen-bond acceptors (Lipinski definition) is 6. The molecule has 6 aromatic rings. The Morgan fingerprint density at radius 2 is 1.74 bits per heavy atom. The van der Waals surface area contributed by atoms with Gasteiger partial charge in [-0.2, -0.15) is 5.10 Å². The summed E-state index contributed by atoms with van der Waals surface area (Å²) in [5, 5.41) is 7.59. The molecule has 3 aromatic heterocycles. The molecule has 3 aromatic carbocycles. The van der Waals surface area contributed by atoms with E-state index in [-0.39, 0.29) is 12.1 Å². The number of para-hydroxylation sites is 1. The Kier molecular flexibility index (Phi) is 6.04. The molecule has 0 fully saturated rings. The number of rotatable bonds is 5. The van der Waals surface area contributed by atoms with Crippen LogP contribution in [0.4, 0.5) is 5.82 Å². The first-order chi connectivity index (χ1) is 18.9. The third-order valence-corrected chi connectivity index (χ3v) is 7.29. The number of aromatic nitrogens is 5. The minimum atomic E-state index is -0.0804. The van der Waals surface area contributed by atoms with E-state index in [1.807, 2.05) is 74.5 Å². The first-order valence-electron chi connectivity index (χ1n) is 12.4. The van der Waals surface area contributed by atoms with E-state index in [0.717, 1.165) is 33.5 Å². The van der Waals surface area contributed by atoms with Crippen molar-refractivity contribution in [1.82, 2.24) is 24.3 Å². The SMILES string of the molecule is COc1cc(-c2nn(Cc3cc4cccc(C)c4c(=O)n3-c3ccccc3C)c3ncnc(N)c23)ccc1Cl. The van der Waals surface area contributed by atoms with E-state index < -0.39 is 0 Å².